The Bertz CT molecular complexity index is 1410. The van der Waals surface area contributed by atoms with E-state index in [4.69, 9.17) is 0 Å². The smallest absolute Gasteiger partial charge is 0.256 e. The van der Waals surface area contributed by atoms with Crippen LogP contribution in [-0.4, -0.2) is 25.5 Å². The van der Waals surface area contributed by atoms with Crippen molar-refractivity contribution in [2.24, 2.45) is 0 Å². The second-order valence-electron chi connectivity index (χ2n) is 8.13. The first-order valence-corrected chi connectivity index (χ1v) is 11.0. The number of rotatable bonds is 3. The number of benzene rings is 1. The minimum Gasteiger partial charge on any atom is -0.307 e. The lowest BCUT2D eigenvalue weighted by atomic mass is 9.89. The summed E-state index contributed by atoms with van der Waals surface area (Å²) in [5.41, 5.74) is 5.03. The molecule has 6 nitrogen and oxygen atoms in total. The van der Waals surface area contributed by atoms with E-state index in [1.807, 2.05) is 25.3 Å². The maximum absolute atomic E-state index is 12.6. The molecule has 1 atom stereocenters. The number of carbonyl (C=O) groups is 1. The van der Waals surface area contributed by atoms with Gasteiger partial charge in [0.2, 0.25) is 0 Å². The summed E-state index contributed by atoms with van der Waals surface area (Å²) in [5.74, 6) is 7.15. The molecule has 6 heteroatoms. The van der Waals surface area contributed by atoms with E-state index in [2.05, 4.69) is 50.4 Å². The van der Waals surface area contributed by atoms with Crippen LogP contribution in [-0.2, 0) is 0 Å². The maximum atomic E-state index is 12.6. The number of aryl methyl sites for hydroxylation is 1. The van der Waals surface area contributed by atoms with Gasteiger partial charge in [-0.15, -0.1) is 0 Å². The number of hydrogen-bond acceptors (Lipinski definition) is 4. The van der Waals surface area contributed by atoms with E-state index >= 15 is 0 Å². The molecule has 0 saturated carbocycles. The van der Waals surface area contributed by atoms with Crippen LogP contribution in [0.2, 0.25) is 0 Å². The molecule has 0 saturated heterocycles. The van der Waals surface area contributed by atoms with Crippen LogP contribution >= 0.6 is 0 Å². The van der Waals surface area contributed by atoms with Crippen LogP contribution in [0.4, 0.5) is 5.82 Å². The number of nitrogens with zero attached hydrogens (tertiary/aromatic N) is 4. The van der Waals surface area contributed by atoms with Gasteiger partial charge in [0.25, 0.3) is 5.91 Å². The Morgan fingerprint density at radius 2 is 2.03 bits per heavy atom. The molecule has 0 radical (unpaired) electrons. The molecular weight excluding hydrogens is 410 g/mol. The molecular formula is C27H23N5O. The standard InChI is InChI=1S/C27H23N5O/c1-19-10-11-22(27(33)31-25-9-5-6-14-28-25)15-21(19)12-13-24-18-29-26-16-23(17-30-32(24)26)20-7-3-2-4-8-20/h2-3,5-6,9-11,14-18,20H,4,7-8H2,1H3,(H,28,31,33). The molecule has 0 spiro atoms. The number of anilines is 1. The third-order valence-electron chi connectivity index (χ3n) is 5.85. The fourth-order valence-electron chi connectivity index (χ4n) is 3.95. The fraction of sp³-hybridized carbons (Fsp3) is 0.185. The predicted octanol–water partition coefficient (Wildman–Crippen LogP) is 4.91. The monoisotopic (exact) mass is 433 g/mol. The van der Waals surface area contributed by atoms with Gasteiger partial charge in [-0.2, -0.15) is 5.10 Å². The molecule has 1 aromatic carbocycles. The Kier molecular flexibility index (Phi) is 5.69. The highest BCUT2D eigenvalue weighted by atomic mass is 16.1. The summed E-state index contributed by atoms with van der Waals surface area (Å²) < 4.78 is 1.77. The topological polar surface area (TPSA) is 72.2 Å². The maximum Gasteiger partial charge on any atom is 0.256 e. The number of hydrogen-bond donors (Lipinski definition) is 1. The normalized spacial score (nSPS) is 15.1. The van der Waals surface area contributed by atoms with Crippen LogP contribution in [0.1, 0.15) is 57.9 Å². The van der Waals surface area contributed by atoms with E-state index in [0.717, 1.165) is 36.0 Å². The van der Waals surface area contributed by atoms with Crippen molar-refractivity contribution in [3.8, 4) is 11.8 Å². The van der Waals surface area contributed by atoms with Gasteiger partial charge < -0.3 is 5.32 Å². The molecule has 1 N–H and O–H groups in total. The number of allylic oxidation sites excluding steroid dienone is 2. The van der Waals surface area contributed by atoms with Crippen molar-refractivity contribution < 1.29 is 4.79 Å². The fourth-order valence-corrected chi connectivity index (χ4v) is 3.95. The molecule has 1 aliphatic carbocycles. The quantitative estimate of drug-likeness (QED) is 0.368. The highest BCUT2D eigenvalue weighted by molar-refractivity contribution is 6.04. The van der Waals surface area contributed by atoms with E-state index in [1.165, 1.54) is 5.56 Å². The first-order chi connectivity index (χ1) is 16.2. The summed E-state index contributed by atoms with van der Waals surface area (Å²) in [5, 5.41) is 7.40. The Hall–Kier alpha value is -4.24. The Morgan fingerprint density at radius 1 is 1.09 bits per heavy atom. The summed E-state index contributed by atoms with van der Waals surface area (Å²) in [6.07, 6.45) is 13.1. The lowest BCUT2D eigenvalue weighted by molar-refractivity contribution is 0.102. The van der Waals surface area contributed by atoms with Crippen LogP contribution in [0.5, 0.6) is 0 Å². The van der Waals surface area contributed by atoms with Gasteiger partial charge in [-0.1, -0.05) is 30.2 Å². The summed E-state index contributed by atoms with van der Waals surface area (Å²) in [4.78, 5) is 21.3. The van der Waals surface area contributed by atoms with Gasteiger partial charge in [0, 0.05) is 17.3 Å². The van der Waals surface area contributed by atoms with E-state index in [0.29, 0.717) is 23.0 Å². The molecule has 5 rings (SSSR count). The van der Waals surface area contributed by atoms with Gasteiger partial charge in [-0.25, -0.2) is 14.5 Å². The molecule has 33 heavy (non-hydrogen) atoms. The van der Waals surface area contributed by atoms with Gasteiger partial charge in [0.05, 0.1) is 12.4 Å². The van der Waals surface area contributed by atoms with Crippen LogP contribution in [0, 0.1) is 18.8 Å². The third-order valence-corrected chi connectivity index (χ3v) is 5.85. The van der Waals surface area contributed by atoms with Gasteiger partial charge in [0.1, 0.15) is 11.5 Å². The summed E-state index contributed by atoms with van der Waals surface area (Å²) >= 11 is 0. The molecule has 1 amide bonds. The van der Waals surface area contributed by atoms with Crippen molar-refractivity contribution >= 4 is 17.4 Å². The van der Waals surface area contributed by atoms with Crippen molar-refractivity contribution in [3.05, 3.63) is 101 Å². The number of pyridine rings is 1. The van der Waals surface area contributed by atoms with Gasteiger partial charge in [0.15, 0.2) is 5.65 Å². The first kappa shape index (κ1) is 20.7. The number of nitrogens with one attached hydrogen (secondary N) is 1. The van der Waals surface area contributed by atoms with Crippen LogP contribution < -0.4 is 5.32 Å². The van der Waals surface area contributed by atoms with Crippen molar-refractivity contribution in [1.82, 2.24) is 19.6 Å². The van der Waals surface area contributed by atoms with E-state index < -0.39 is 0 Å². The zero-order valence-corrected chi connectivity index (χ0v) is 18.3. The lowest BCUT2D eigenvalue weighted by Gasteiger charge is -2.17. The predicted molar refractivity (Wildman–Crippen MR) is 128 cm³/mol. The number of fused-ring (bicyclic) bond motifs is 1. The molecule has 0 fully saturated rings. The number of aromatic nitrogens is 4. The molecule has 1 unspecified atom stereocenters. The molecule has 0 aliphatic heterocycles. The molecule has 162 valence electrons. The second-order valence-corrected chi connectivity index (χ2v) is 8.13. The van der Waals surface area contributed by atoms with E-state index in [1.54, 1.807) is 41.2 Å². The molecule has 3 heterocycles. The molecule has 1 aliphatic rings. The average molecular weight is 434 g/mol. The summed E-state index contributed by atoms with van der Waals surface area (Å²) in [6, 6.07) is 13.0. The van der Waals surface area contributed by atoms with Crippen LogP contribution in [0.3, 0.4) is 0 Å². The molecule has 3 aromatic heterocycles. The minimum atomic E-state index is -0.224. The molecule has 4 aromatic rings. The third kappa shape index (κ3) is 4.53. The Labute approximate surface area is 192 Å². The average Bonchev–Trinajstić information content (AvgIpc) is 3.27. The van der Waals surface area contributed by atoms with E-state index in [9.17, 15) is 4.79 Å². The Morgan fingerprint density at radius 3 is 2.85 bits per heavy atom. The second kappa shape index (κ2) is 9.09. The van der Waals surface area contributed by atoms with Crippen LogP contribution in [0.15, 0.2) is 73.2 Å². The summed E-state index contributed by atoms with van der Waals surface area (Å²) in [6.45, 7) is 1.97. The van der Waals surface area contributed by atoms with Gasteiger partial charge >= 0.3 is 0 Å². The van der Waals surface area contributed by atoms with Gasteiger partial charge in [-0.05, 0) is 79.5 Å². The molecule has 0 bridgehead atoms. The zero-order valence-electron chi connectivity index (χ0n) is 18.3. The minimum absolute atomic E-state index is 0.224. The van der Waals surface area contributed by atoms with Crippen molar-refractivity contribution in [2.75, 3.05) is 5.32 Å². The van der Waals surface area contributed by atoms with Crippen molar-refractivity contribution in [3.63, 3.8) is 0 Å². The number of carbonyl (C=O) groups excluding carboxylic acids is 1. The first-order valence-electron chi connectivity index (χ1n) is 11.0. The Balaban J connectivity index is 1.39. The number of amides is 1. The van der Waals surface area contributed by atoms with E-state index in [-0.39, 0.29) is 5.91 Å². The highest BCUT2D eigenvalue weighted by Crippen LogP contribution is 2.29. The van der Waals surface area contributed by atoms with Gasteiger partial charge in [-0.3, -0.25) is 4.79 Å². The van der Waals surface area contributed by atoms with Crippen LogP contribution in [0.25, 0.3) is 5.65 Å². The largest absolute Gasteiger partial charge is 0.307 e. The lowest BCUT2D eigenvalue weighted by Crippen LogP contribution is -2.13. The number of imidazole rings is 1. The highest BCUT2D eigenvalue weighted by Gasteiger charge is 2.14. The van der Waals surface area contributed by atoms with Crippen molar-refractivity contribution in [2.45, 2.75) is 32.1 Å². The summed E-state index contributed by atoms with van der Waals surface area (Å²) in [7, 11) is 0. The SMILES string of the molecule is Cc1ccc(C(=O)Nc2ccccn2)cc1C#Cc1cnc2cc(C3CC=CCC3)cnn12. The van der Waals surface area contributed by atoms with Crippen molar-refractivity contribution in [1.29, 1.82) is 0 Å². The zero-order chi connectivity index (χ0) is 22.6.